The summed E-state index contributed by atoms with van der Waals surface area (Å²) < 4.78 is 5.59. The first kappa shape index (κ1) is 14.8. The topological polar surface area (TPSA) is 67.6 Å². The van der Waals surface area contributed by atoms with E-state index in [9.17, 15) is 4.79 Å². The lowest BCUT2D eigenvalue weighted by molar-refractivity contribution is 0.0232. The first-order chi connectivity index (χ1) is 9.72. The van der Waals surface area contributed by atoms with Gasteiger partial charge in [0.1, 0.15) is 0 Å². The Balaban J connectivity index is 1.86. The first-order valence-corrected chi connectivity index (χ1v) is 7.19. The predicted molar refractivity (Wildman–Crippen MR) is 79.6 cm³/mol. The van der Waals surface area contributed by atoms with Crippen LogP contribution in [0.25, 0.3) is 0 Å². The summed E-state index contributed by atoms with van der Waals surface area (Å²) in [4.78, 5) is 14.0. The second kappa shape index (κ2) is 7.26. The summed E-state index contributed by atoms with van der Waals surface area (Å²) in [7, 11) is 0. The van der Waals surface area contributed by atoms with Crippen molar-refractivity contribution in [2.75, 3.05) is 25.0 Å². The fraction of sp³-hybridized carbons (Fsp3) is 0.533. The molecule has 0 aliphatic carbocycles. The SMILES string of the molecule is CCOC1CCN(C(=O)Nc2cccc(CN)c2)CC1. The summed E-state index contributed by atoms with van der Waals surface area (Å²) in [5.41, 5.74) is 7.41. The molecule has 1 saturated heterocycles. The van der Waals surface area contributed by atoms with E-state index in [0.29, 0.717) is 12.6 Å². The van der Waals surface area contributed by atoms with E-state index in [1.165, 1.54) is 0 Å². The van der Waals surface area contributed by atoms with E-state index < -0.39 is 0 Å². The zero-order valence-corrected chi connectivity index (χ0v) is 12.0. The Hall–Kier alpha value is -1.59. The molecule has 3 N–H and O–H groups in total. The van der Waals surface area contributed by atoms with Gasteiger partial charge in [-0.3, -0.25) is 0 Å². The van der Waals surface area contributed by atoms with Crippen molar-refractivity contribution in [2.45, 2.75) is 32.4 Å². The molecule has 0 spiro atoms. The molecule has 1 aromatic carbocycles. The number of piperidine rings is 1. The molecule has 1 heterocycles. The molecule has 1 fully saturated rings. The molecule has 5 heteroatoms. The zero-order valence-electron chi connectivity index (χ0n) is 12.0. The van der Waals surface area contributed by atoms with Gasteiger partial charge in [0.25, 0.3) is 0 Å². The number of amides is 2. The number of hydrogen-bond donors (Lipinski definition) is 2. The highest BCUT2D eigenvalue weighted by Gasteiger charge is 2.22. The molecule has 2 amide bonds. The summed E-state index contributed by atoms with van der Waals surface area (Å²) in [6.45, 7) is 4.70. The minimum Gasteiger partial charge on any atom is -0.378 e. The van der Waals surface area contributed by atoms with Gasteiger partial charge in [-0.05, 0) is 37.5 Å². The Morgan fingerprint density at radius 1 is 1.45 bits per heavy atom. The van der Waals surface area contributed by atoms with Gasteiger partial charge in [-0.15, -0.1) is 0 Å². The van der Waals surface area contributed by atoms with Crippen molar-refractivity contribution >= 4 is 11.7 Å². The second-order valence-corrected chi connectivity index (χ2v) is 4.98. The molecule has 2 rings (SSSR count). The molecule has 0 bridgehead atoms. The van der Waals surface area contributed by atoms with Crippen LogP contribution in [0.1, 0.15) is 25.3 Å². The predicted octanol–water partition coefficient (Wildman–Crippen LogP) is 2.18. The van der Waals surface area contributed by atoms with Gasteiger partial charge in [-0.2, -0.15) is 0 Å². The van der Waals surface area contributed by atoms with E-state index in [-0.39, 0.29) is 6.03 Å². The largest absolute Gasteiger partial charge is 0.378 e. The van der Waals surface area contributed by atoms with Crippen LogP contribution in [0, 0.1) is 0 Å². The third kappa shape index (κ3) is 3.95. The van der Waals surface area contributed by atoms with Crippen LogP contribution in [0.5, 0.6) is 0 Å². The quantitative estimate of drug-likeness (QED) is 0.886. The van der Waals surface area contributed by atoms with Crippen LogP contribution in [0.2, 0.25) is 0 Å². The van der Waals surface area contributed by atoms with Gasteiger partial charge in [0.15, 0.2) is 0 Å². The van der Waals surface area contributed by atoms with Crippen molar-refractivity contribution in [2.24, 2.45) is 5.73 Å². The maximum absolute atomic E-state index is 12.2. The molecule has 1 aromatic rings. The smallest absolute Gasteiger partial charge is 0.321 e. The molecule has 0 atom stereocenters. The lowest BCUT2D eigenvalue weighted by atomic mass is 10.1. The molecule has 0 radical (unpaired) electrons. The fourth-order valence-corrected chi connectivity index (χ4v) is 2.44. The number of carbonyl (C=O) groups excluding carboxylic acids is 1. The van der Waals surface area contributed by atoms with E-state index in [4.69, 9.17) is 10.5 Å². The Kier molecular flexibility index (Phi) is 5.38. The van der Waals surface area contributed by atoms with Gasteiger partial charge in [0, 0.05) is 31.9 Å². The van der Waals surface area contributed by atoms with Gasteiger partial charge in [0.05, 0.1) is 6.10 Å². The lowest BCUT2D eigenvalue weighted by Gasteiger charge is -2.31. The number of rotatable bonds is 4. The highest BCUT2D eigenvalue weighted by molar-refractivity contribution is 5.89. The molecule has 1 aliphatic rings. The summed E-state index contributed by atoms with van der Waals surface area (Å²) in [5.74, 6) is 0. The van der Waals surface area contributed by atoms with Crippen molar-refractivity contribution < 1.29 is 9.53 Å². The van der Waals surface area contributed by atoms with Gasteiger partial charge in [0.2, 0.25) is 0 Å². The molecule has 110 valence electrons. The summed E-state index contributed by atoms with van der Waals surface area (Å²) >= 11 is 0. The minimum atomic E-state index is -0.0471. The molecule has 1 aliphatic heterocycles. The van der Waals surface area contributed by atoms with Crippen LogP contribution in [0.3, 0.4) is 0 Å². The molecule has 0 aromatic heterocycles. The van der Waals surface area contributed by atoms with Crippen LogP contribution in [-0.2, 0) is 11.3 Å². The molecule has 20 heavy (non-hydrogen) atoms. The number of nitrogens with two attached hydrogens (primary N) is 1. The van der Waals surface area contributed by atoms with E-state index in [1.807, 2.05) is 36.1 Å². The molecular weight excluding hydrogens is 254 g/mol. The van der Waals surface area contributed by atoms with Crippen LogP contribution >= 0.6 is 0 Å². The number of anilines is 1. The molecular formula is C15H23N3O2. The van der Waals surface area contributed by atoms with Gasteiger partial charge in [-0.25, -0.2) is 4.79 Å². The van der Waals surface area contributed by atoms with E-state index >= 15 is 0 Å². The van der Waals surface area contributed by atoms with Gasteiger partial charge < -0.3 is 20.7 Å². The van der Waals surface area contributed by atoms with E-state index in [1.54, 1.807) is 0 Å². The summed E-state index contributed by atoms with van der Waals surface area (Å²) in [6.07, 6.45) is 2.11. The third-order valence-corrected chi connectivity index (χ3v) is 3.55. The highest BCUT2D eigenvalue weighted by Crippen LogP contribution is 2.16. The summed E-state index contributed by atoms with van der Waals surface area (Å²) in [5, 5.41) is 2.92. The standard InChI is InChI=1S/C15H23N3O2/c1-2-20-14-6-8-18(9-7-14)15(19)17-13-5-3-4-12(10-13)11-16/h3-5,10,14H,2,6-9,11,16H2,1H3,(H,17,19). The van der Waals surface area contributed by atoms with E-state index in [2.05, 4.69) is 5.32 Å². The highest BCUT2D eigenvalue weighted by atomic mass is 16.5. The van der Waals surface area contributed by atoms with Crippen LogP contribution in [0.15, 0.2) is 24.3 Å². The minimum absolute atomic E-state index is 0.0471. The van der Waals surface area contributed by atoms with Crippen LogP contribution in [-0.4, -0.2) is 36.7 Å². The van der Waals surface area contributed by atoms with Crippen molar-refractivity contribution in [3.05, 3.63) is 29.8 Å². The Bertz CT molecular complexity index is 442. The monoisotopic (exact) mass is 277 g/mol. The Labute approximate surface area is 120 Å². The summed E-state index contributed by atoms with van der Waals surface area (Å²) in [6, 6.07) is 7.59. The van der Waals surface area contributed by atoms with Gasteiger partial charge >= 0.3 is 6.03 Å². The Morgan fingerprint density at radius 2 is 2.20 bits per heavy atom. The molecule has 5 nitrogen and oxygen atoms in total. The second-order valence-electron chi connectivity index (χ2n) is 4.98. The zero-order chi connectivity index (χ0) is 14.4. The number of nitrogens with one attached hydrogen (secondary N) is 1. The van der Waals surface area contributed by atoms with Crippen molar-refractivity contribution in [1.29, 1.82) is 0 Å². The van der Waals surface area contributed by atoms with Crippen molar-refractivity contribution in [1.82, 2.24) is 4.90 Å². The number of urea groups is 1. The third-order valence-electron chi connectivity index (χ3n) is 3.55. The normalized spacial score (nSPS) is 16.2. The molecule has 0 unspecified atom stereocenters. The van der Waals surface area contributed by atoms with Crippen molar-refractivity contribution in [3.8, 4) is 0 Å². The Morgan fingerprint density at radius 3 is 2.85 bits per heavy atom. The van der Waals surface area contributed by atoms with Crippen LogP contribution in [0.4, 0.5) is 10.5 Å². The van der Waals surface area contributed by atoms with E-state index in [0.717, 1.165) is 43.8 Å². The number of nitrogens with zero attached hydrogens (tertiary/aromatic N) is 1. The number of ether oxygens (including phenoxy) is 1. The maximum Gasteiger partial charge on any atom is 0.321 e. The molecule has 0 saturated carbocycles. The number of hydrogen-bond acceptors (Lipinski definition) is 3. The van der Waals surface area contributed by atoms with Crippen LogP contribution < -0.4 is 11.1 Å². The lowest BCUT2D eigenvalue weighted by Crippen LogP contribution is -2.43. The number of carbonyl (C=O) groups is 1. The number of benzene rings is 1. The average Bonchev–Trinajstić information content (AvgIpc) is 2.48. The van der Waals surface area contributed by atoms with Crippen molar-refractivity contribution in [3.63, 3.8) is 0 Å². The maximum atomic E-state index is 12.2. The average molecular weight is 277 g/mol. The fourth-order valence-electron chi connectivity index (χ4n) is 2.44. The number of likely N-dealkylation sites (tertiary alicyclic amines) is 1. The van der Waals surface area contributed by atoms with Gasteiger partial charge in [-0.1, -0.05) is 12.1 Å². The first-order valence-electron chi connectivity index (χ1n) is 7.19.